The number of carbonyl (C=O) groups is 3. The van der Waals surface area contributed by atoms with Crippen molar-refractivity contribution in [1.29, 1.82) is 0 Å². The molecule has 0 aromatic heterocycles. The first-order chi connectivity index (χ1) is 19.3. The van der Waals surface area contributed by atoms with E-state index in [1.807, 2.05) is 50.2 Å². The van der Waals surface area contributed by atoms with E-state index < -0.39 is 16.9 Å². The topological polar surface area (TPSA) is 87.7 Å². The van der Waals surface area contributed by atoms with Gasteiger partial charge in [-0.15, -0.1) is 0 Å². The number of hydrogen-bond acceptors (Lipinski definition) is 5. The van der Waals surface area contributed by atoms with E-state index in [4.69, 9.17) is 16.3 Å². The highest BCUT2D eigenvalue weighted by Crippen LogP contribution is 2.68. The Labute approximate surface area is 237 Å². The highest BCUT2D eigenvalue weighted by atomic mass is 35.5. The second kappa shape index (κ2) is 8.91. The Morgan fingerprint density at radius 3 is 2.60 bits per heavy atom. The molecule has 0 radical (unpaired) electrons. The molecule has 2 spiro atoms. The molecule has 2 saturated heterocycles. The summed E-state index contributed by atoms with van der Waals surface area (Å²) in [5.41, 5.74) is 0.954. The molecule has 2 N–H and O–H groups in total. The zero-order valence-electron chi connectivity index (χ0n) is 22.4. The van der Waals surface area contributed by atoms with E-state index in [1.54, 1.807) is 24.3 Å². The quantitative estimate of drug-likeness (QED) is 0.409. The molecule has 8 heteroatoms. The number of amides is 2. The summed E-state index contributed by atoms with van der Waals surface area (Å²) in [5.74, 6) is -0.895. The maximum Gasteiger partial charge on any atom is 0.251 e. The minimum atomic E-state index is -1.49. The van der Waals surface area contributed by atoms with Crippen molar-refractivity contribution in [1.82, 2.24) is 4.90 Å². The lowest BCUT2D eigenvalue weighted by atomic mass is 9.57. The van der Waals surface area contributed by atoms with Crippen LogP contribution < -0.4 is 15.4 Å². The van der Waals surface area contributed by atoms with Crippen LogP contribution in [0.1, 0.15) is 53.2 Å². The standard InChI is InChI=1S/C32H30ClN3O4/c1-3-15-40-20-12-10-19(11-13-20)28(37)26-25-9-6-14-36(25)32(22-16-18(2)17-23(33)27(22)35-30(32)39)31(26)21-7-4-5-8-24(21)34-29(31)38/h4-5,7-8,10-13,16-17,25-26H,3,6,9,14-15H2,1-2H3,(H,34,38)(H,35,39)/t25-,26-,31+,32+/m1/s1. The lowest BCUT2D eigenvalue weighted by Gasteiger charge is -2.43. The van der Waals surface area contributed by atoms with Crippen molar-refractivity contribution in [3.05, 3.63) is 87.9 Å². The van der Waals surface area contributed by atoms with Crippen LogP contribution in [0.15, 0.2) is 60.7 Å². The van der Waals surface area contributed by atoms with Gasteiger partial charge in [0.2, 0.25) is 5.91 Å². The maximum atomic E-state index is 14.7. The molecular formula is C32H30ClN3O4. The number of Topliss-reactive ketones (excluding diaryl/α,β-unsaturated/α-hetero) is 1. The first-order valence-electron chi connectivity index (χ1n) is 13.9. The summed E-state index contributed by atoms with van der Waals surface area (Å²) in [5, 5.41) is 6.54. The zero-order chi connectivity index (χ0) is 27.8. The van der Waals surface area contributed by atoms with Gasteiger partial charge in [-0.3, -0.25) is 19.3 Å². The van der Waals surface area contributed by atoms with Crippen LogP contribution in [-0.2, 0) is 20.5 Å². The third kappa shape index (κ3) is 3.02. The molecule has 2 fully saturated rings. The number of nitrogens with one attached hydrogen (secondary N) is 2. The summed E-state index contributed by atoms with van der Waals surface area (Å²) in [6.07, 6.45) is 2.41. The third-order valence-corrected chi connectivity index (χ3v) is 9.49. The lowest BCUT2D eigenvalue weighted by Crippen LogP contribution is -2.62. The van der Waals surface area contributed by atoms with Gasteiger partial charge in [-0.1, -0.05) is 42.8 Å². The predicted octanol–water partition coefficient (Wildman–Crippen LogP) is 5.45. The summed E-state index contributed by atoms with van der Waals surface area (Å²) < 4.78 is 5.74. The Hall–Kier alpha value is -3.68. The third-order valence-electron chi connectivity index (χ3n) is 9.20. The Balaban J connectivity index is 1.50. The maximum absolute atomic E-state index is 14.7. The van der Waals surface area contributed by atoms with Gasteiger partial charge in [-0.25, -0.2) is 0 Å². The number of rotatable bonds is 5. The highest BCUT2D eigenvalue weighted by molar-refractivity contribution is 6.35. The summed E-state index contributed by atoms with van der Waals surface area (Å²) in [7, 11) is 0. The lowest BCUT2D eigenvalue weighted by molar-refractivity contribution is -0.137. The van der Waals surface area contributed by atoms with Gasteiger partial charge in [0.05, 0.1) is 23.2 Å². The number of ketones is 1. The zero-order valence-corrected chi connectivity index (χ0v) is 23.2. The Morgan fingerprint density at radius 2 is 1.82 bits per heavy atom. The van der Waals surface area contributed by atoms with E-state index in [0.29, 0.717) is 58.4 Å². The number of nitrogens with zero attached hydrogens (tertiary/aromatic N) is 1. The van der Waals surface area contributed by atoms with Gasteiger partial charge < -0.3 is 15.4 Å². The van der Waals surface area contributed by atoms with Crippen LogP contribution in [0.5, 0.6) is 5.75 Å². The van der Waals surface area contributed by atoms with Crippen LogP contribution >= 0.6 is 11.6 Å². The molecule has 7 nitrogen and oxygen atoms in total. The van der Waals surface area contributed by atoms with Crippen LogP contribution in [0.2, 0.25) is 5.02 Å². The largest absolute Gasteiger partial charge is 0.494 e. The number of benzene rings is 3. The molecule has 0 unspecified atom stereocenters. The van der Waals surface area contributed by atoms with E-state index in [-0.39, 0.29) is 23.6 Å². The van der Waals surface area contributed by atoms with Gasteiger partial charge in [0, 0.05) is 22.9 Å². The molecular weight excluding hydrogens is 526 g/mol. The SMILES string of the molecule is CCCOc1ccc(C(=O)[C@H]2[C@H]3CCCN3[C@@]3(C(=O)Nc4c(Cl)cc(C)cc43)[C@]23C(=O)Nc2ccccc23)cc1. The second-order valence-corrected chi connectivity index (χ2v) is 11.7. The van der Waals surface area contributed by atoms with Gasteiger partial charge in [-0.2, -0.15) is 0 Å². The van der Waals surface area contributed by atoms with Gasteiger partial charge >= 0.3 is 0 Å². The second-order valence-electron chi connectivity index (χ2n) is 11.3. The van der Waals surface area contributed by atoms with Gasteiger partial charge in [-0.05, 0) is 80.3 Å². The average molecular weight is 556 g/mol. The van der Waals surface area contributed by atoms with Crippen molar-refractivity contribution < 1.29 is 19.1 Å². The van der Waals surface area contributed by atoms with E-state index >= 15 is 0 Å². The molecule has 40 heavy (non-hydrogen) atoms. The molecule has 2 amide bonds. The number of para-hydroxylation sites is 1. The molecule has 7 rings (SSSR count). The molecule has 4 atom stereocenters. The molecule has 0 saturated carbocycles. The molecule has 3 aromatic rings. The van der Waals surface area contributed by atoms with Crippen molar-refractivity contribution in [2.75, 3.05) is 23.8 Å². The van der Waals surface area contributed by atoms with Crippen molar-refractivity contribution in [3.63, 3.8) is 0 Å². The number of fused-ring (bicyclic) bond motifs is 7. The summed E-state index contributed by atoms with van der Waals surface area (Å²) in [4.78, 5) is 45.9. The van der Waals surface area contributed by atoms with Crippen LogP contribution in [0.4, 0.5) is 11.4 Å². The van der Waals surface area contributed by atoms with Gasteiger partial charge in [0.15, 0.2) is 5.78 Å². The number of hydrogen-bond donors (Lipinski definition) is 2. The first-order valence-corrected chi connectivity index (χ1v) is 14.3. The predicted molar refractivity (Wildman–Crippen MR) is 153 cm³/mol. The molecule has 0 aliphatic carbocycles. The number of aryl methyl sites for hydroxylation is 1. The fraction of sp³-hybridized carbons (Fsp3) is 0.344. The highest BCUT2D eigenvalue weighted by Gasteiger charge is 2.81. The fourth-order valence-corrected chi connectivity index (χ4v) is 8.21. The molecule has 0 bridgehead atoms. The molecule has 4 aliphatic rings. The summed E-state index contributed by atoms with van der Waals surface area (Å²) in [6, 6.07) is 18.1. The molecule has 204 valence electrons. The number of anilines is 2. The van der Waals surface area contributed by atoms with Crippen molar-refractivity contribution >= 4 is 40.6 Å². The monoisotopic (exact) mass is 555 g/mol. The van der Waals surface area contributed by atoms with Crippen molar-refractivity contribution in [3.8, 4) is 5.75 Å². The number of carbonyl (C=O) groups excluding carboxylic acids is 3. The van der Waals surface area contributed by atoms with Crippen LogP contribution in [0, 0.1) is 12.8 Å². The molecule has 4 aliphatic heterocycles. The number of halogens is 1. The molecule has 4 heterocycles. The Kier molecular flexibility index (Phi) is 5.64. The van der Waals surface area contributed by atoms with Gasteiger partial charge in [0.25, 0.3) is 5.91 Å². The van der Waals surface area contributed by atoms with E-state index in [1.165, 1.54) is 0 Å². The Morgan fingerprint density at radius 1 is 1.05 bits per heavy atom. The number of ether oxygens (including phenoxy) is 1. The summed E-state index contributed by atoms with van der Waals surface area (Å²) >= 11 is 6.71. The smallest absolute Gasteiger partial charge is 0.251 e. The normalized spacial score (nSPS) is 28.0. The summed E-state index contributed by atoms with van der Waals surface area (Å²) in [6.45, 7) is 5.15. The van der Waals surface area contributed by atoms with E-state index in [9.17, 15) is 14.4 Å². The molecule has 3 aromatic carbocycles. The van der Waals surface area contributed by atoms with Crippen molar-refractivity contribution in [2.24, 2.45) is 5.92 Å². The van der Waals surface area contributed by atoms with Crippen molar-refractivity contribution in [2.45, 2.75) is 50.1 Å². The fourth-order valence-electron chi connectivity index (χ4n) is 7.89. The van der Waals surface area contributed by atoms with Crippen LogP contribution in [0.25, 0.3) is 0 Å². The van der Waals surface area contributed by atoms with Gasteiger partial charge in [0.1, 0.15) is 16.7 Å². The minimum absolute atomic E-state index is 0.150. The van der Waals surface area contributed by atoms with E-state index in [0.717, 1.165) is 18.4 Å². The Bertz CT molecular complexity index is 1590. The van der Waals surface area contributed by atoms with Crippen LogP contribution in [-0.4, -0.2) is 41.7 Å². The van der Waals surface area contributed by atoms with E-state index in [2.05, 4.69) is 15.5 Å². The van der Waals surface area contributed by atoms with Crippen LogP contribution in [0.3, 0.4) is 0 Å². The average Bonchev–Trinajstić information content (AvgIpc) is 3.67. The first kappa shape index (κ1) is 25.3. The minimum Gasteiger partial charge on any atom is -0.494 e.